The first kappa shape index (κ1) is 11.2. The Hall–Kier alpha value is -1.86. The number of halogens is 1. The van der Waals surface area contributed by atoms with Gasteiger partial charge in [0, 0.05) is 12.6 Å². The van der Waals surface area contributed by atoms with Gasteiger partial charge in [0.25, 0.3) is 5.91 Å². The van der Waals surface area contributed by atoms with Gasteiger partial charge in [-0.2, -0.15) is 0 Å². The third-order valence-electron chi connectivity index (χ3n) is 1.76. The van der Waals surface area contributed by atoms with Crippen LogP contribution in [0.4, 0.5) is 4.39 Å². The molecule has 1 rings (SSSR count). The van der Waals surface area contributed by atoms with E-state index in [9.17, 15) is 9.18 Å². The van der Waals surface area contributed by atoms with E-state index < -0.39 is 11.7 Å². The maximum atomic E-state index is 12.9. The zero-order valence-corrected chi connectivity index (χ0v) is 8.17. The molecule has 0 aliphatic heterocycles. The van der Waals surface area contributed by atoms with Crippen LogP contribution in [0.25, 0.3) is 0 Å². The number of hydrogen-bond donors (Lipinski definition) is 2. The highest BCUT2D eigenvalue weighted by Gasteiger charge is 2.09. The van der Waals surface area contributed by atoms with Crippen LogP contribution in [0.3, 0.4) is 0 Å². The van der Waals surface area contributed by atoms with E-state index in [0.29, 0.717) is 5.56 Å². The predicted octanol–water partition coefficient (Wildman–Crippen LogP) is 0.529. The maximum Gasteiger partial charge on any atom is 0.252 e. The van der Waals surface area contributed by atoms with Crippen LogP contribution in [0.5, 0.6) is 0 Å². The first-order valence-electron chi connectivity index (χ1n) is 4.30. The van der Waals surface area contributed by atoms with Gasteiger partial charge in [0.15, 0.2) is 0 Å². The molecular formula is C11H10FNO2. The van der Waals surface area contributed by atoms with E-state index >= 15 is 0 Å². The molecule has 1 amide bonds. The van der Waals surface area contributed by atoms with Crippen molar-refractivity contribution in [2.45, 2.75) is 0 Å². The highest BCUT2D eigenvalue weighted by molar-refractivity contribution is 5.96. The molecule has 0 bridgehead atoms. The molecule has 1 aromatic carbocycles. The van der Waals surface area contributed by atoms with Crippen LogP contribution in [0.1, 0.15) is 15.9 Å². The van der Waals surface area contributed by atoms with Gasteiger partial charge in [-0.15, -0.1) is 0 Å². The SMILES string of the molecule is CNC(=O)c1cc(F)ccc1C#CCO. The fourth-order valence-corrected chi connectivity index (χ4v) is 1.08. The minimum absolute atomic E-state index is 0.165. The number of carbonyl (C=O) groups is 1. The summed E-state index contributed by atoms with van der Waals surface area (Å²) in [6.45, 7) is -0.301. The number of aliphatic hydroxyl groups excluding tert-OH is 1. The lowest BCUT2D eigenvalue weighted by atomic mass is 10.1. The van der Waals surface area contributed by atoms with Crippen LogP contribution in [-0.2, 0) is 0 Å². The zero-order chi connectivity index (χ0) is 11.3. The quantitative estimate of drug-likeness (QED) is 0.660. The molecule has 3 nitrogen and oxygen atoms in total. The Morgan fingerprint density at radius 2 is 2.33 bits per heavy atom. The third-order valence-corrected chi connectivity index (χ3v) is 1.76. The minimum atomic E-state index is -0.497. The number of benzene rings is 1. The Morgan fingerprint density at radius 1 is 1.60 bits per heavy atom. The minimum Gasteiger partial charge on any atom is -0.384 e. The van der Waals surface area contributed by atoms with Crippen molar-refractivity contribution < 1.29 is 14.3 Å². The molecule has 2 N–H and O–H groups in total. The third kappa shape index (κ3) is 2.79. The van der Waals surface area contributed by atoms with Gasteiger partial charge in [0.2, 0.25) is 0 Å². The number of aliphatic hydroxyl groups is 1. The summed E-state index contributed by atoms with van der Waals surface area (Å²) in [5.74, 6) is 4.08. The maximum absolute atomic E-state index is 12.9. The van der Waals surface area contributed by atoms with Crippen LogP contribution < -0.4 is 5.32 Å². The zero-order valence-electron chi connectivity index (χ0n) is 8.17. The highest BCUT2D eigenvalue weighted by Crippen LogP contribution is 2.10. The second-order valence-electron chi connectivity index (χ2n) is 2.73. The average molecular weight is 207 g/mol. The predicted molar refractivity (Wildman–Crippen MR) is 53.8 cm³/mol. The van der Waals surface area contributed by atoms with Gasteiger partial charge in [-0.05, 0) is 18.2 Å². The molecule has 15 heavy (non-hydrogen) atoms. The Kier molecular flexibility index (Phi) is 3.83. The smallest absolute Gasteiger partial charge is 0.252 e. The Balaban J connectivity index is 3.20. The van der Waals surface area contributed by atoms with E-state index in [2.05, 4.69) is 17.2 Å². The Bertz CT molecular complexity index is 432. The largest absolute Gasteiger partial charge is 0.384 e. The molecule has 0 fully saturated rings. The first-order chi connectivity index (χ1) is 7.19. The van der Waals surface area contributed by atoms with Crippen molar-refractivity contribution in [1.82, 2.24) is 5.32 Å². The molecule has 0 heterocycles. The van der Waals surface area contributed by atoms with Crippen molar-refractivity contribution in [2.24, 2.45) is 0 Å². The monoisotopic (exact) mass is 207 g/mol. The van der Waals surface area contributed by atoms with E-state index in [1.54, 1.807) is 0 Å². The van der Waals surface area contributed by atoms with E-state index in [4.69, 9.17) is 5.11 Å². The molecule has 78 valence electrons. The first-order valence-corrected chi connectivity index (χ1v) is 4.30. The fraction of sp³-hybridized carbons (Fsp3) is 0.182. The summed E-state index contributed by atoms with van der Waals surface area (Å²) in [4.78, 5) is 11.3. The molecule has 0 aliphatic carbocycles. The second kappa shape index (κ2) is 5.13. The fourth-order valence-electron chi connectivity index (χ4n) is 1.08. The van der Waals surface area contributed by atoms with Gasteiger partial charge >= 0.3 is 0 Å². The van der Waals surface area contributed by atoms with Gasteiger partial charge in [-0.3, -0.25) is 4.79 Å². The normalized spacial score (nSPS) is 9.00. The summed E-state index contributed by atoms with van der Waals surface area (Å²) < 4.78 is 12.9. The van der Waals surface area contributed by atoms with Gasteiger partial charge in [-0.1, -0.05) is 11.8 Å². The Morgan fingerprint density at radius 3 is 2.93 bits per heavy atom. The molecule has 0 saturated carbocycles. The lowest BCUT2D eigenvalue weighted by Gasteiger charge is -2.02. The number of nitrogens with one attached hydrogen (secondary N) is 1. The van der Waals surface area contributed by atoms with Gasteiger partial charge < -0.3 is 10.4 Å². The molecule has 0 aromatic heterocycles. The summed E-state index contributed by atoms with van der Waals surface area (Å²) in [7, 11) is 1.45. The van der Waals surface area contributed by atoms with Crippen LogP contribution in [-0.4, -0.2) is 24.7 Å². The lowest BCUT2D eigenvalue weighted by Crippen LogP contribution is -2.19. The van der Waals surface area contributed by atoms with Crippen molar-refractivity contribution >= 4 is 5.91 Å². The second-order valence-corrected chi connectivity index (χ2v) is 2.73. The topological polar surface area (TPSA) is 49.3 Å². The average Bonchev–Trinajstić information content (AvgIpc) is 2.26. The van der Waals surface area contributed by atoms with Crippen molar-refractivity contribution in [3.8, 4) is 11.8 Å². The molecule has 0 radical (unpaired) electrons. The number of amides is 1. The van der Waals surface area contributed by atoms with Crippen LogP contribution in [0.15, 0.2) is 18.2 Å². The lowest BCUT2D eigenvalue weighted by molar-refractivity contribution is 0.0962. The summed E-state index contributed by atoms with van der Waals surface area (Å²) >= 11 is 0. The number of hydrogen-bond acceptors (Lipinski definition) is 2. The van der Waals surface area contributed by atoms with Crippen molar-refractivity contribution in [3.05, 3.63) is 35.1 Å². The van der Waals surface area contributed by atoms with Crippen LogP contribution >= 0.6 is 0 Å². The van der Waals surface area contributed by atoms with Crippen molar-refractivity contribution in [3.63, 3.8) is 0 Å². The number of carbonyl (C=O) groups excluding carboxylic acids is 1. The van der Waals surface area contributed by atoms with E-state index in [-0.39, 0.29) is 12.2 Å². The molecule has 0 aliphatic rings. The van der Waals surface area contributed by atoms with Crippen LogP contribution in [0.2, 0.25) is 0 Å². The molecular weight excluding hydrogens is 197 g/mol. The standard InChI is InChI=1S/C11H10FNO2/c1-13-11(15)10-7-9(12)5-4-8(10)3-2-6-14/h4-5,7,14H,6H2,1H3,(H,13,15). The number of rotatable bonds is 1. The molecule has 4 heteroatoms. The van der Waals surface area contributed by atoms with Crippen LogP contribution in [0, 0.1) is 17.7 Å². The molecule has 1 aromatic rings. The van der Waals surface area contributed by atoms with Gasteiger partial charge in [0.1, 0.15) is 12.4 Å². The van der Waals surface area contributed by atoms with E-state index in [1.807, 2.05) is 0 Å². The summed E-state index contributed by atoms with van der Waals surface area (Å²) in [5.41, 5.74) is 0.559. The Labute approximate surface area is 86.9 Å². The molecule has 0 atom stereocenters. The summed E-state index contributed by atoms with van der Waals surface area (Å²) in [6, 6.07) is 3.73. The summed E-state index contributed by atoms with van der Waals surface area (Å²) in [5, 5.41) is 10.9. The molecule has 0 saturated heterocycles. The van der Waals surface area contributed by atoms with E-state index in [0.717, 1.165) is 6.07 Å². The summed E-state index contributed by atoms with van der Waals surface area (Å²) in [6.07, 6.45) is 0. The van der Waals surface area contributed by atoms with Crippen molar-refractivity contribution in [2.75, 3.05) is 13.7 Å². The van der Waals surface area contributed by atoms with Crippen molar-refractivity contribution in [1.29, 1.82) is 0 Å². The molecule has 0 spiro atoms. The highest BCUT2D eigenvalue weighted by atomic mass is 19.1. The van der Waals surface area contributed by atoms with Gasteiger partial charge in [0.05, 0.1) is 5.56 Å². The molecule has 0 unspecified atom stereocenters. The van der Waals surface area contributed by atoms with E-state index in [1.165, 1.54) is 19.2 Å². The van der Waals surface area contributed by atoms with Gasteiger partial charge in [-0.25, -0.2) is 4.39 Å².